The van der Waals surface area contributed by atoms with Gasteiger partial charge in [0.1, 0.15) is 110 Å². The first-order valence-corrected chi connectivity index (χ1v) is 24.2. The number of rotatable bonds is 19. The number of carboxylic acids is 2. The van der Waals surface area contributed by atoms with Crippen LogP contribution in [0.4, 0.5) is 0 Å². The maximum Gasteiger partial charge on any atom is 0.335 e. The van der Waals surface area contributed by atoms with Crippen molar-refractivity contribution in [2.24, 2.45) is 0 Å². The van der Waals surface area contributed by atoms with E-state index < -0.39 is 216 Å². The lowest BCUT2D eigenvalue weighted by Gasteiger charge is -2.49. The number of carbonyl (C=O) groups is 2. The van der Waals surface area contributed by atoms with Crippen LogP contribution < -0.4 is 14.2 Å². The fourth-order valence-electron chi connectivity index (χ4n) is 7.91. The minimum absolute atomic E-state index is 1.09. The summed E-state index contributed by atoms with van der Waals surface area (Å²) in [5, 5.41) is 147. The molecular formula is C30H51N3O34S3. The Morgan fingerprint density at radius 1 is 0.400 bits per heavy atom. The molecule has 0 aromatic carbocycles. The van der Waals surface area contributed by atoms with E-state index in [0.717, 1.165) is 0 Å². The molecule has 5 heterocycles. The van der Waals surface area contributed by atoms with E-state index >= 15 is 0 Å². The van der Waals surface area contributed by atoms with Crippen LogP contribution in [0, 0.1) is 0 Å². The van der Waals surface area contributed by atoms with Crippen LogP contribution in [0.15, 0.2) is 0 Å². The predicted molar refractivity (Wildman–Crippen MR) is 205 cm³/mol. The molecule has 70 heavy (non-hydrogen) atoms. The molecule has 0 bridgehead atoms. The van der Waals surface area contributed by atoms with Gasteiger partial charge in [-0.3, -0.25) is 13.7 Å². The van der Waals surface area contributed by atoms with Gasteiger partial charge in [-0.15, -0.1) is 0 Å². The zero-order valence-electron chi connectivity index (χ0n) is 34.8. The molecule has 1 unspecified atom stereocenters. The van der Waals surface area contributed by atoms with Gasteiger partial charge in [0.2, 0.25) is 0 Å². The fourth-order valence-corrected chi connectivity index (χ4v) is 9.70. The van der Waals surface area contributed by atoms with Crippen molar-refractivity contribution in [2.45, 2.75) is 153 Å². The second kappa shape index (κ2) is 23.1. The molecule has 5 saturated heterocycles. The van der Waals surface area contributed by atoms with Crippen molar-refractivity contribution >= 4 is 42.9 Å². The Morgan fingerprint density at radius 3 is 1.10 bits per heavy atom. The average Bonchev–Trinajstić information content (AvgIpc) is 3.25. The number of aliphatic carboxylic acids is 2. The first-order chi connectivity index (χ1) is 32.3. The Balaban J connectivity index is 1.37. The summed E-state index contributed by atoms with van der Waals surface area (Å²) >= 11 is 0. The molecule has 0 aliphatic carbocycles. The SMILES string of the molecule is O=C(O)[C@@H]1O[C@@H](O[C@H]2[C@H](O)[C@@H](NS(=O)(=O)O)C(O)O[C@@H]2CO)[C@H](O)[C@@H](O)[C@@H]1O[C@H]1O[C@H](CO)[C@@H](O[C@@H]2O[C@@H](C(=O)O)[C@@H](O[C@H]3O[C@H](CO)[C@@H](O)[C@H](O)[C@H]3NS(=O)(=O)O)[C@H](O)[C@H]2O)[C@H](O)[C@H]1NS(=O)(=O)O. The van der Waals surface area contributed by atoms with Gasteiger partial charge in [0, 0.05) is 0 Å². The summed E-state index contributed by atoms with van der Waals surface area (Å²) in [6.45, 7) is -3.55. The Morgan fingerprint density at radius 2 is 0.729 bits per heavy atom. The van der Waals surface area contributed by atoms with Crippen molar-refractivity contribution in [1.29, 1.82) is 0 Å². The van der Waals surface area contributed by atoms with Crippen molar-refractivity contribution in [3.8, 4) is 0 Å². The zero-order chi connectivity index (χ0) is 52.7. The molecule has 5 aliphatic heterocycles. The molecule has 0 spiro atoms. The molecule has 5 fully saturated rings. The smallest absolute Gasteiger partial charge is 0.335 e. The van der Waals surface area contributed by atoms with Crippen molar-refractivity contribution < 1.29 is 163 Å². The first-order valence-electron chi connectivity index (χ1n) is 19.9. The molecule has 5 rings (SSSR count). The van der Waals surface area contributed by atoms with Crippen LogP contribution in [-0.4, -0.2) is 296 Å². The largest absolute Gasteiger partial charge is 0.479 e. The van der Waals surface area contributed by atoms with E-state index in [0.29, 0.717) is 0 Å². The number of aliphatic hydroxyl groups is 12. The lowest BCUT2D eigenvalue weighted by atomic mass is 9.94. The minimum atomic E-state index is -5.55. The van der Waals surface area contributed by atoms with Crippen molar-refractivity contribution in [1.82, 2.24) is 14.2 Å². The van der Waals surface area contributed by atoms with Gasteiger partial charge >= 0.3 is 42.9 Å². The number of aliphatic hydroxyl groups excluding tert-OH is 12. The lowest BCUT2D eigenvalue weighted by Crippen LogP contribution is -2.70. The van der Waals surface area contributed by atoms with Crippen LogP contribution in [0.5, 0.6) is 0 Å². The monoisotopic (exact) mass is 1090 g/mol. The maximum atomic E-state index is 12.5. The van der Waals surface area contributed by atoms with E-state index in [9.17, 15) is 120 Å². The van der Waals surface area contributed by atoms with E-state index in [-0.39, 0.29) is 0 Å². The third kappa shape index (κ3) is 13.5. The van der Waals surface area contributed by atoms with Crippen LogP contribution in [0.1, 0.15) is 0 Å². The third-order valence-corrected chi connectivity index (χ3v) is 12.9. The Kier molecular flexibility index (Phi) is 19.3. The van der Waals surface area contributed by atoms with Gasteiger partial charge in [0.05, 0.1) is 19.8 Å². The minimum Gasteiger partial charge on any atom is -0.479 e. The molecular weight excluding hydrogens is 1040 g/mol. The third-order valence-electron chi connectivity index (χ3n) is 11.2. The molecule has 37 nitrogen and oxygen atoms in total. The van der Waals surface area contributed by atoms with Gasteiger partial charge in [0.25, 0.3) is 0 Å². The van der Waals surface area contributed by atoms with Crippen LogP contribution >= 0.6 is 0 Å². The van der Waals surface area contributed by atoms with Gasteiger partial charge in [-0.25, -0.2) is 9.59 Å². The Labute approximate surface area is 392 Å². The predicted octanol–water partition coefficient (Wildman–Crippen LogP) is -13.5. The number of hydrogen-bond acceptors (Lipinski definition) is 29. The summed E-state index contributed by atoms with van der Waals surface area (Å²) < 4.78 is 151. The van der Waals surface area contributed by atoms with Crippen LogP contribution in [0.3, 0.4) is 0 Å². The number of hydrogen-bond donors (Lipinski definition) is 20. The molecule has 0 amide bonds. The summed E-state index contributed by atoms with van der Waals surface area (Å²) in [6.07, 6.45) is -51.6. The topological polar surface area (TPSA) is 600 Å². The van der Waals surface area contributed by atoms with Gasteiger partial charge < -0.3 is 114 Å². The van der Waals surface area contributed by atoms with E-state index in [1.165, 1.54) is 14.2 Å². The van der Waals surface area contributed by atoms with E-state index in [2.05, 4.69) is 0 Å². The van der Waals surface area contributed by atoms with Crippen LogP contribution in [0.2, 0.25) is 0 Å². The highest BCUT2D eigenvalue weighted by atomic mass is 32.2. The highest BCUT2D eigenvalue weighted by molar-refractivity contribution is 7.84. The van der Waals surface area contributed by atoms with Crippen molar-refractivity contribution in [3.63, 3.8) is 0 Å². The molecule has 0 aromatic rings. The molecule has 0 radical (unpaired) electrons. The summed E-state index contributed by atoms with van der Waals surface area (Å²) in [6, 6.07) is -6.87. The van der Waals surface area contributed by atoms with Crippen LogP contribution in [0.25, 0.3) is 0 Å². The van der Waals surface area contributed by atoms with Gasteiger partial charge in [-0.2, -0.15) is 39.4 Å². The standard InChI is InChI=1S/C30H51N3O34S3/c34-1-4-10(37)11(38)8(32-69(53,54)55)27(60-4)64-20-14(41)17(44)30(67-22(20)24(45)46)63-19-6(3-36)61-28(9(13(19)40)33-70(56,57)58)65-21-15(42)16(43)29(66-23(21)25(47)48)62-18-5(2-35)59-26(49)7(12(18)39)31-68(50,51)52/h4-23,26-44,49H,1-3H2,(H,45,46)(H,47,48)(H,50,51,52)(H,53,54,55)(H,56,57,58)/t4-,5-,6-,7-,8-,9-,10-,11-,12-,13-,14-,15-,16-,17-,18-,19-,20+,21+,22-,23-,26?,27-,28-,29-,30-/m1/s1. The highest BCUT2D eigenvalue weighted by Gasteiger charge is 2.59. The Bertz CT molecular complexity index is 2130. The normalized spacial score (nSPS) is 45.5. The van der Waals surface area contributed by atoms with Crippen molar-refractivity contribution in [2.75, 3.05) is 19.8 Å². The van der Waals surface area contributed by atoms with Gasteiger partial charge in [-0.05, 0) is 0 Å². The molecule has 20 N–H and O–H groups in total. The second-order valence-corrected chi connectivity index (χ2v) is 19.5. The summed E-state index contributed by atoms with van der Waals surface area (Å²) in [7, 11) is -16.0. The zero-order valence-corrected chi connectivity index (χ0v) is 37.3. The molecule has 0 saturated carbocycles. The molecule has 5 aliphatic rings. The maximum absolute atomic E-state index is 12.5. The van der Waals surface area contributed by atoms with Crippen molar-refractivity contribution in [3.05, 3.63) is 0 Å². The quantitative estimate of drug-likeness (QED) is 0.0534. The molecule has 25 atom stereocenters. The number of nitrogens with one attached hydrogen (secondary N) is 3. The molecule has 408 valence electrons. The fraction of sp³-hybridized carbons (Fsp3) is 0.933. The first kappa shape index (κ1) is 58.6. The van der Waals surface area contributed by atoms with Crippen LogP contribution in [-0.2, 0) is 83.1 Å². The lowest BCUT2D eigenvalue weighted by molar-refractivity contribution is -0.375. The number of carboxylic acid groups (broad SMARTS) is 2. The summed E-state index contributed by atoms with van der Waals surface area (Å²) in [4.78, 5) is 25.0. The molecule has 40 heteroatoms. The average molecular weight is 1090 g/mol. The van der Waals surface area contributed by atoms with Gasteiger partial charge in [0.15, 0.2) is 43.7 Å². The summed E-state index contributed by atoms with van der Waals surface area (Å²) in [5.41, 5.74) is 0. The summed E-state index contributed by atoms with van der Waals surface area (Å²) in [5.74, 6) is -4.15. The highest BCUT2D eigenvalue weighted by Crippen LogP contribution is 2.36. The van der Waals surface area contributed by atoms with E-state index in [4.69, 9.17) is 42.6 Å². The molecule has 0 aromatic heterocycles. The Hall–Kier alpha value is -2.29. The second-order valence-electron chi connectivity index (χ2n) is 15.9. The van der Waals surface area contributed by atoms with E-state index in [1.807, 2.05) is 0 Å². The number of ether oxygens (including phenoxy) is 9. The van der Waals surface area contributed by atoms with E-state index in [1.54, 1.807) is 0 Å². The van der Waals surface area contributed by atoms with Gasteiger partial charge in [-0.1, -0.05) is 0 Å².